The van der Waals surface area contributed by atoms with Gasteiger partial charge in [0.05, 0.1) is 5.56 Å². The molecule has 0 bridgehead atoms. The van der Waals surface area contributed by atoms with Crippen molar-refractivity contribution in [1.82, 2.24) is 5.32 Å². The summed E-state index contributed by atoms with van der Waals surface area (Å²) in [4.78, 5) is 11.8. The predicted molar refractivity (Wildman–Crippen MR) is 83.2 cm³/mol. The Kier molecular flexibility index (Phi) is 6.82. The fourth-order valence-corrected chi connectivity index (χ4v) is 2.45. The highest BCUT2D eigenvalue weighted by molar-refractivity contribution is 5.89. The number of ether oxygens (including phenoxy) is 1. The highest BCUT2D eigenvalue weighted by Gasteiger charge is 2.17. The van der Waals surface area contributed by atoms with E-state index in [0.717, 1.165) is 0 Å². The molecule has 0 spiro atoms. The van der Waals surface area contributed by atoms with Crippen molar-refractivity contribution in [1.29, 1.82) is 0 Å². The van der Waals surface area contributed by atoms with E-state index >= 15 is 0 Å². The number of esters is 1. The summed E-state index contributed by atoms with van der Waals surface area (Å²) in [5.41, 5.74) is 6.77. The van der Waals surface area contributed by atoms with Gasteiger partial charge in [0.2, 0.25) is 0 Å². The maximum atomic E-state index is 11.8. The number of nitrogen functional groups attached to an aromatic ring is 1. The van der Waals surface area contributed by atoms with Crippen LogP contribution in [0, 0.1) is 0 Å². The topological polar surface area (TPSA) is 64.3 Å². The van der Waals surface area contributed by atoms with Gasteiger partial charge in [-0.25, -0.2) is 4.79 Å². The summed E-state index contributed by atoms with van der Waals surface area (Å²) in [6.45, 7) is 2.45. The molecule has 20 heavy (non-hydrogen) atoms. The summed E-state index contributed by atoms with van der Waals surface area (Å²) in [6.07, 6.45) is 5.07. The Morgan fingerprint density at radius 2 is 1.95 bits per heavy atom. The number of benzene rings is 1. The summed E-state index contributed by atoms with van der Waals surface area (Å²) in [6, 6.07) is 7.57. The van der Waals surface area contributed by atoms with Crippen LogP contribution in [-0.4, -0.2) is 24.7 Å². The Morgan fingerprint density at radius 3 is 2.55 bits per heavy atom. The quantitative estimate of drug-likeness (QED) is 0.648. The number of nitrogens with two attached hydrogens (primary N) is 1. The van der Waals surface area contributed by atoms with E-state index in [1.165, 1.54) is 25.7 Å². The van der Waals surface area contributed by atoms with Gasteiger partial charge >= 0.3 is 5.97 Å². The normalized spacial score (nSPS) is 16.4. The van der Waals surface area contributed by atoms with E-state index in [-0.39, 0.29) is 24.4 Å². The number of carbonyl (C=O) groups is 1. The van der Waals surface area contributed by atoms with Gasteiger partial charge in [0.1, 0.15) is 6.61 Å². The number of hydrogen-bond acceptors (Lipinski definition) is 4. The van der Waals surface area contributed by atoms with Crippen LogP contribution in [0.3, 0.4) is 0 Å². The van der Waals surface area contributed by atoms with Crippen LogP contribution in [0.25, 0.3) is 0 Å². The minimum Gasteiger partial charge on any atom is -0.460 e. The largest absolute Gasteiger partial charge is 0.460 e. The first-order chi connectivity index (χ1) is 9.15. The van der Waals surface area contributed by atoms with Crippen LogP contribution < -0.4 is 11.1 Å². The Bertz CT molecular complexity index is 416. The molecule has 112 valence electrons. The Balaban J connectivity index is 0.00000200. The second kappa shape index (κ2) is 8.12. The number of hydrogen-bond donors (Lipinski definition) is 2. The molecule has 1 aliphatic rings. The lowest BCUT2D eigenvalue weighted by molar-refractivity contribution is 0.0467. The molecule has 1 aromatic rings. The highest BCUT2D eigenvalue weighted by atomic mass is 35.5. The predicted octanol–water partition coefficient (Wildman–Crippen LogP) is 2.77. The van der Waals surface area contributed by atoms with Gasteiger partial charge in [0.25, 0.3) is 0 Å². The molecule has 0 aliphatic heterocycles. The van der Waals surface area contributed by atoms with E-state index in [4.69, 9.17) is 10.5 Å². The molecule has 0 radical (unpaired) electrons. The number of nitrogens with one attached hydrogen (secondary N) is 1. The lowest BCUT2D eigenvalue weighted by atomic mass is 10.2. The van der Waals surface area contributed by atoms with Gasteiger partial charge in [-0.3, -0.25) is 0 Å². The molecule has 1 fully saturated rings. The van der Waals surface area contributed by atoms with Crippen molar-refractivity contribution in [3.05, 3.63) is 29.8 Å². The van der Waals surface area contributed by atoms with E-state index in [1.54, 1.807) is 24.3 Å². The minimum absolute atomic E-state index is 0. The lowest BCUT2D eigenvalue weighted by Gasteiger charge is -2.19. The molecule has 1 atom stereocenters. The molecule has 0 aromatic heterocycles. The zero-order chi connectivity index (χ0) is 13.7. The maximum absolute atomic E-state index is 11.8. The first-order valence-corrected chi connectivity index (χ1v) is 6.94. The summed E-state index contributed by atoms with van der Waals surface area (Å²) in [5, 5.41) is 3.50. The molecule has 0 heterocycles. The molecule has 1 unspecified atom stereocenters. The van der Waals surface area contributed by atoms with Crippen LogP contribution in [0.1, 0.15) is 43.0 Å². The van der Waals surface area contributed by atoms with Crippen LogP contribution in [0.5, 0.6) is 0 Å². The summed E-state index contributed by atoms with van der Waals surface area (Å²) < 4.78 is 5.30. The van der Waals surface area contributed by atoms with E-state index in [1.807, 2.05) is 0 Å². The van der Waals surface area contributed by atoms with Crippen molar-refractivity contribution in [2.75, 3.05) is 12.3 Å². The molecule has 0 amide bonds. The molecule has 5 heteroatoms. The number of rotatable bonds is 5. The van der Waals surface area contributed by atoms with Crippen LogP contribution in [0.2, 0.25) is 0 Å². The third kappa shape index (κ3) is 5.02. The fourth-order valence-electron chi connectivity index (χ4n) is 2.45. The van der Waals surface area contributed by atoms with Crippen LogP contribution in [0.4, 0.5) is 5.69 Å². The summed E-state index contributed by atoms with van der Waals surface area (Å²) >= 11 is 0. The van der Waals surface area contributed by atoms with Gasteiger partial charge in [-0.15, -0.1) is 12.4 Å². The monoisotopic (exact) mass is 298 g/mol. The summed E-state index contributed by atoms with van der Waals surface area (Å²) in [7, 11) is 0. The second-order valence-corrected chi connectivity index (χ2v) is 5.27. The fraction of sp³-hybridized carbons (Fsp3) is 0.533. The van der Waals surface area contributed by atoms with Gasteiger partial charge in [-0.05, 0) is 44.0 Å². The summed E-state index contributed by atoms with van der Waals surface area (Å²) in [5.74, 6) is -0.292. The first kappa shape index (κ1) is 16.8. The highest BCUT2D eigenvalue weighted by Crippen LogP contribution is 2.18. The van der Waals surface area contributed by atoms with Crippen molar-refractivity contribution in [3.8, 4) is 0 Å². The van der Waals surface area contributed by atoms with Gasteiger partial charge in [-0.1, -0.05) is 12.8 Å². The van der Waals surface area contributed by atoms with E-state index in [2.05, 4.69) is 12.2 Å². The minimum atomic E-state index is -0.292. The van der Waals surface area contributed by atoms with Crippen molar-refractivity contribution in [3.63, 3.8) is 0 Å². The van der Waals surface area contributed by atoms with E-state index in [0.29, 0.717) is 23.9 Å². The zero-order valence-electron chi connectivity index (χ0n) is 11.8. The number of anilines is 1. The number of halogens is 1. The molecule has 0 saturated heterocycles. The van der Waals surface area contributed by atoms with Gasteiger partial charge in [0.15, 0.2) is 0 Å². The van der Waals surface area contributed by atoms with Crippen LogP contribution in [0.15, 0.2) is 24.3 Å². The Morgan fingerprint density at radius 1 is 1.35 bits per heavy atom. The third-order valence-electron chi connectivity index (χ3n) is 3.49. The average Bonchev–Trinajstić information content (AvgIpc) is 2.89. The Labute approximate surface area is 126 Å². The van der Waals surface area contributed by atoms with Gasteiger partial charge in [0, 0.05) is 17.8 Å². The third-order valence-corrected chi connectivity index (χ3v) is 3.49. The lowest BCUT2D eigenvalue weighted by Crippen LogP contribution is -2.38. The van der Waals surface area contributed by atoms with Crippen LogP contribution in [-0.2, 0) is 4.74 Å². The van der Waals surface area contributed by atoms with Gasteiger partial charge in [-0.2, -0.15) is 0 Å². The smallest absolute Gasteiger partial charge is 0.338 e. The molecule has 2 rings (SSSR count). The van der Waals surface area contributed by atoms with Crippen molar-refractivity contribution >= 4 is 24.1 Å². The van der Waals surface area contributed by atoms with E-state index in [9.17, 15) is 4.79 Å². The first-order valence-electron chi connectivity index (χ1n) is 6.94. The molecule has 1 aliphatic carbocycles. The molecule has 1 saturated carbocycles. The van der Waals surface area contributed by atoms with Crippen molar-refractivity contribution < 1.29 is 9.53 Å². The van der Waals surface area contributed by atoms with Crippen LogP contribution >= 0.6 is 12.4 Å². The molecular formula is C15H23ClN2O2. The van der Waals surface area contributed by atoms with Gasteiger partial charge < -0.3 is 15.8 Å². The van der Waals surface area contributed by atoms with Crippen molar-refractivity contribution in [2.45, 2.75) is 44.7 Å². The second-order valence-electron chi connectivity index (χ2n) is 5.27. The average molecular weight is 299 g/mol. The number of carbonyl (C=O) groups excluding carboxylic acids is 1. The zero-order valence-corrected chi connectivity index (χ0v) is 12.6. The molecule has 4 nitrogen and oxygen atoms in total. The standard InChI is InChI=1S/C15H22N2O2.ClH/c1-11(17-14-4-2-3-5-14)10-19-15(18)12-6-8-13(16)9-7-12;/h6-9,11,14,17H,2-5,10,16H2,1H3;1H. The SMILES string of the molecule is CC(COC(=O)c1ccc(N)cc1)NC1CCCC1.Cl. The maximum Gasteiger partial charge on any atom is 0.338 e. The van der Waals surface area contributed by atoms with Crippen molar-refractivity contribution in [2.24, 2.45) is 0 Å². The molecular weight excluding hydrogens is 276 g/mol. The Hall–Kier alpha value is -1.26. The molecule has 3 N–H and O–H groups in total. The molecule has 1 aromatic carbocycles. The van der Waals surface area contributed by atoms with E-state index < -0.39 is 0 Å².